The van der Waals surface area contributed by atoms with E-state index in [9.17, 15) is 9.18 Å². The molecule has 1 aromatic carbocycles. The average molecular weight is 337 g/mol. The van der Waals surface area contributed by atoms with Crippen LogP contribution in [0.5, 0.6) is 5.75 Å². The summed E-state index contributed by atoms with van der Waals surface area (Å²) in [4.78, 5) is 13.8. The second kappa shape index (κ2) is 7.29. The van der Waals surface area contributed by atoms with E-state index in [4.69, 9.17) is 22.1 Å². The van der Waals surface area contributed by atoms with Crippen LogP contribution < -0.4 is 10.5 Å². The Morgan fingerprint density at radius 3 is 2.86 bits per heavy atom. The number of halogens is 3. The van der Waals surface area contributed by atoms with Gasteiger partial charge in [-0.2, -0.15) is 0 Å². The van der Waals surface area contributed by atoms with Gasteiger partial charge in [0, 0.05) is 13.1 Å². The fourth-order valence-corrected chi connectivity index (χ4v) is 2.45. The Balaban J connectivity index is 0.00000220. The van der Waals surface area contributed by atoms with Gasteiger partial charge in [0.05, 0.1) is 5.02 Å². The van der Waals surface area contributed by atoms with Crippen LogP contribution in [0.4, 0.5) is 4.39 Å². The lowest BCUT2D eigenvalue weighted by Crippen LogP contribution is -2.36. The Hall–Kier alpha value is -1.04. The molecule has 1 aliphatic heterocycles. The monoisotopic (exact) mass is 336 g/mol. The van der Waals surface area contributed by atoms with E-state index in [0.717, 1.165) is 12.5 Å². The van der Waals surface area contributed by atoms with E-state index < -0.39 is 5.82 Å². The van der Waals surface area contributed by atoms with Crippen LogP contribution >= 0.6 is 24.0 Å². The Morgan fingerprint density at radius 1 is 1.57 bits per heavy atom. The van der Waals surface area contributed by atoms with Gasteiger partial charge >= 0.3 is 0 Å². The first-order valence-corrected chi connectivity index (χ1v) is 6.87. The second-order valence-corrected chi connectivity index (χ2v) is 5.85. The molecule has 1 aromatic rings. The number of nitrogens with two attached hydrogens (primary N) is 1. The summed E-state index contributed by atoms with van der Waals surface area (Å²) in [5, 5.41) is 0.158. The van der Waals surface area contributed by atoms with E-state index in [-0.39, 0.29) is 35.4 Å². The van der Waals surface area contributed by atoms with Crippen LogP contribution in [0.3, 0.4) is 0 Å². The van der Waals surface area contributed by atoms with Crippen LogP contribution in [-0.4, -0.2) is 37.0 Å². The Labute approximate surface area is 134 Å². The molecule has 118 valence electrons. The van der Waals surface area contributed by atoms with Crippen molar-refractivity contribution in [1.29, 1.82) is 0 Å². The van der Waals surface area contributed by atoms with Crippen molar-refractivity contribution in [3.63, 3.8) is 0 Å². The third kappa shape index (κ3) is 4.46. The predicted molar refractivity (Wildman–Crippen MR) is 82.5 cm³/mol. The van der Waals surface area contributed by atoms with E-state index in [1.54, 1.807) is 4.90 Å². The standard InChI is InChI=1S/C14H18ClFN2O2.ClH/c1-14(8-17)4-5-18(9-14)13(19)7-20-12-3-2-10(16)6-11(12)15;/h2-3,6H,4-5,7-9,17H2,1H3;1H. The van der Waals surface area contributed by atoms with E-state index >= 15 is 0 Å². The fourth-order valence-electron chi connectivity index (χ4n) is 2.23. The van der Waals surface area contributed by atoms with Crippen molar-refractivity contribution < 1.29 is 13.9 Å². The highest BCUT2D eigenvalue weighted by Gasteiger charge is 2.34. The van der Waals surface area contributed by atoms with Gasteiger partial charge in [-0.25, -0.2) is 4.39 Å². The molecule has 1 atom stereocenters. The summed E-state index contributed by atoms with van der Waals surface area (Å²) in [6.07, 6.45) is 0.895. The maximum atomic E-state index is 12.9. The van der Waals surface area contributed by atoms with Gasteiger partial charge in [-0.1, -0.05) is 18.5 Å². The number of hydrogen-bond acceptors (Lipinski definition) is 3. The fraction of sp³-hybridized carbons (Fsp3) is 0.500. The molecule has 1 saturated heterocycles. The molecule has 1 aliphatic rings. The molecule has 2 rings (SSSR count). The first-order valence-electron chi connectivity index (χ1n) is 6.49. The maximum absolute atomic E-state index is 12.9. The molecule has 4 nitrogen and oxygen atoms in total. The van der Waals surface area contributed by atoms with Gasteiger partial charge in [-0.05, 0) is 36.6 Å². The molecule has 2 N–H and O–H groups in total. The van der Waals surface area contributed by atoms with Gasteiger partial charge in [-0.3, -0.25) is 4.79 Å². The van der Waals surface area contributed by atoms with Crippen molar-refractivity contribution in [2.75, 3.05) is 26.2 Å². The first kappa shape index (κ1) is 18.0. The van der Waals surface area contributed by atoms with Gasteiger partial charge in [0.1, 0.15) is 11.6 Å². The normalized spacial score (nSPS) is 21.0. The minimum atomic E-state index is -0.438. The minimum absolute atomic E-state index is 0. The molecule has 1 unspecified atom stereocenters. The second-order valence-electron chi connectivity index (χ2n) is 5.44. The topological polar surface area (TPSA) is 55.6 Å². The zero-order valence-electron chi connectivity index (χ0n) is 11.8. The van der Waals surface area contributed by atoms with Crippen molar-refractivity contribution in [2.45, 2.75) is 13.3 Å². The van der Waals surface area contributed by atoms with E-state index in [1.807, 2.05) is 0 Å². The molecule has 0 bridgehead atoms. The number of carbonyl (C=O) groups excluding carboxylic acids is 1. The number of benzene rings is 1. The smallest absolute Gasteiger partial charge is 0.260 e. The van der Waals surface area contributed by atoms with Crippen molar-refractivity contribution in [3.05, 3.63) is 29.0 Å². The summed E-state index contributed by atoms with van der Waals surface area (Å²) in [6, 6.07) is 3.81. The minimum Gasteiger partial charge on any atom is -0.482 e. The highest BCUT2D eigenvalue weighted by Crippen LogP contribution is 2.29. The summed E-state index contributed by atoms with van der Waals surface area (Å²) in [7, 11) is 0. The predicted octanol–water partition coefficient (Wildman–Crippen LogP) is 2.48. The Bertz CT molecular complexity index is 516. The Morgan fingerprint density at radius 2 is 2.29 bits per heavy atom. The van der Waals surface area contributed by atoms with E-state index in [1.165, 1.54) is 12.1 Å². The number of hydrogen-bond donors (Lipinski definition) is 1. The third-order valence-corrected chi connectivity index (χ3v) is 3.94. The molecular weight excluding hydrogens is 318 g/mol. The largest absolute Gasteiger partial charge is 0.482 e. The quantitative estimate of drug-likeness (QED) is 0.918. The van der Waals surface area contributed by atoms with Crippen LogP contribution in [0.1, 0.15) is 13.3 Å². The number of rotatable bonds is 4. The van der Waals surface area contributed by atoms with E-state index in [2.05, 4.69) is 6.92 Å². The average Bonchev–Trinajstić information content (AvgIpc) is 2.81. The van der Waals surface area contributed by atoms with Crippen molar-refractivity contribution >= 4 is 29.9 Å². The molecule has 0 aliphatic carbocycles. The number of ether oxygens (including phenoxy) is 1. The molecule has 1 amide bonds. The maximum Gasteiger partial charge on any atom is 0.260 e. The highest BCUT2D eigenvalue weighted by molar-refractivity contribution is 6.32. The van der Waals surface area contributed by atoms with Gasteiger partial charge in [0.2, 0.25) is 0 Å². The van der Waals surface area contributed by atoms with Crippen molar-refractivity contribution in [1.82, 2.24) is 4.90 Å². The molecule has 21 heavy (non-hydrogen) atoms. The first-order chi connectivity index (χ1) is 9.43. The van der Waals surface area contributed by atoms with E-state index in [0.29, 0.717) is 25.4 Å². The SMILES string of the molecule is CC1(CN)CCN(C(=O)COc2ccc(F)cc2Cl)C1.Cl. The van der Waals surface area contributed by atoms with Crippen LogP contribution in [0.15, 0.2) is 18.2 Å². The summed E-state index contributed by atoms with van der Waals surface area (Å²) in [6.45, 7) is 3.85. The van der Waals surface area contributed by atoms with Gasteiger partial charge in [-0.15, -0.1) is 12.4 Å². The molecule has 0 spiro atoms. The highest BCUT2D eigenvalue weighted by atomic mass is 35.5. The molecule has 1 heterocycles. The molecule has 7 heteroatoms. The van der Waals surface area contributed by atoms with Gasteiger partial charge < -0.3 is 15.4 Å². The summed E-state index contributed by atoms with van der Waals surface area (Å²) < 4.78 is 18.2. The van der Waals surface area contributed by atoms with Crippen LogP contribution in [0, 0.1) is 11.2 Å². The van der Waals surface area contributed by atoms with Crippen LogP contribution in [0.25, 0.3) is 0 Å². The molecule has 0 saturated carbocycles. The van der Waals surface area contributed by atoms with Crippen LogP contribution in [0.2, 0.25) is 5.02 Å². The summed E-state index contributed by atoms with van der Waals surface area (Å²) in [5.41, 5.74) is 5.70. The zero-order valence-corrected chi connectivity index (χ0v) is 13.3. The lowest BCUT2D eigenvalue weighted by atomic mass is 9.90. The molecule has 0 aromatic heterocycles. The zero-order chi connectivity index (χ0) is 14.8. The van der Waals surface area contributed by atoms with Crippen molar-refractivity contribution in [3.8, 4) is 5.75 Å². The lowest BCUT2D eigenvalue weighted by molar-refractivity contribution is -0.132. The number of amides is 1. The number of carbonyl (C=O) groups is 1. The third-order valence-electron chi connectivity index (χ3n) is 3.65. The van der Waals surface area contributed by atoms with Crippen LogP contribution in [-0.2, 0) is 4.79 Å². The van der Waals surface area contributed by atoms with Gasteiger partial charge in [0.15, 0.2) is 6.61 Å². The summed E-state index contributed by atoms with van der Waals surface area (Å²) >= 11 is 5.83. The molecule has 1 fully saturated rings. The molecular formula is C14H19Cl2FN2O2. The lowest BCUT2D eigenvalue weighted by Gasteiger charge is -2.22. The number of nitrogens with zero attached hydrogens (tertiary/aromatic N) is 1. The van der Waals surface area contributed by atoms with Gasteiger partial charge in [0.25, 0.3) is 5.91 Å². The molecule has 0 radical (unpaired) electrons. The van der Waals surface area contributed by atoms with Crippen molar-refractivity contribution in [2.24, 2.45) is 11.1 Å². The number of likely N-dealkylation sites (tertiary alicyclic amines) is 1. The summed E-state index contributed by atoms with van der Waals surface area (Å²) in [5.74, 6) is -0.239. The Kier molecular flexibility index (Phi) is 6.25.